The number of hydrogen-bond donors (Lipinski definition) is 0. The van der Waals surface area contributed by atoms with Gasteiger partial charge in [0.15, 0.2) is 0 Å². The molecule has 0 heteroatoms. The summed E-state index contributed by atoms with van der Waals surface area (Å²) >= 11 is 0. The Morgan fingerprint density at radius 2 is 1.28 bits per heavy atom. The van der Waals surface area contributed by atoms with E-state index >= 15 is 0 Å². The molecule has 0 aliphatic heterocycles. The topological polar surface area (TPSA) is 0 Å². The smallest absolute Gasteiger partial charge is 0.0181 e. The Bertz CT molecular complexity index is 550. The van der Waals surface area contributed by atoms with Crippen LogP contribution in [0, 0.1) is 13.8 Å². The molecular formula is C18H22. The third-order valence-electron chi connectivity index (χ3n) is 3.81. The molecule has 0 unspecified atom stereocenters. The molecular weight excluding hydrogens is 216 g/mol. The molecule has 0 amide bonds. The molecule has 0 fully saturated rings. The first-order valence-electron chi connectivity index (χ1n) is 6.85. The summed E-state index contributed by atoms with van der Waals surface area (Å²) in [5.41, 5.74) is 8.35. The van der Waals surface area contributed by atoms with Crippen molar-refractivity contribution in [3.8, 4) is 11.1 Å². The van der Waals surface area contributed by atoms with Crippen molar-refractivity contribution in [3.63, 3.8) is 0 Å². The van der Waals surface area contributed by atoms with E-state index in [1.54, 1.807) is 0 Å². The molecule has 0 N–H and O–H groups in total. The van der Waals surface area contributed by atoms with Crippen molar-refractivity contribution in [1.82, 2.24) is 0 Å². The minimum absolute atomic E-state index is 1.11. The molecule has 2 rings (SSSR count). The molecule has 0 radical (unpaired) electrons. The first-order chi connectivity index (χ1) is 8.65. The van der Waals surface area contributed by atoms with Crippen LogP contribution in [0.4, 0.5) is 0 Å². The maximum Gasteiger partial charge on any atom is -0.0181 e. The van der Waals surface area contributed by atoms with Crippen LogP contribution in [0.3, 0.4) is 0 Å². The van der Waals surface area contributed by atoms with Crippen molar-refractivity contribution in [2.75, 3.05) is 0 Å². The van der Waals surface area contributed by atoms with E-state index in [9.17, 15) is 0 Å². The second-order valence-corrected chi connectivity index (χ2v) is 4.99. The molecule has 0 aliphatic rings. The van der Waals surface area contributed by atoms with Crippen molar-refractivity contribution in [2.45, 2.75) is 40.5 Å². The number of aryl methyl sites for hydroxylation is 4. The van der Waals surface area contributed by atoms with E-state index in [2.05, 4.69) is 64.1 Å². The van der Waals surface area contributed by atoms with Gasteiger partial charge in [-0.25, -0.2) is 0 Å². The highest BCUT2D eigenvalue weighted by Crippen LogP contribution is 2.25. The Kier molecular flexibility index (Phi) is 3.86. The van der Waals surface area contributed by atoms with Gasteiger partial charge in [0.25, 0.3) is 0 Å². The summed E-state index contributed by atoms with van der Waals surface area (Å²) in [6, 6.07) is 13.6. The van der Waals surface area contributed by atoms with Gasteiger partial charge in [-0.15, -0.1) is 0 Å². The van der Waals surface area contributed by atoms with Crippen molar-refractivity contribution in [1.29, 1.82) is 0 Å². The van der Waals surface area contributed by atoms with E-state index in [1.165, 1.54) is 33.4 Å². The fraction of sp³-hybridized carbons (Fsp3) is 0.333. The third kappa shape index (κ3) is 2.48. The van der Waals surface area contributed by atoms with Gasteiger partial charge in [0.05, 0.1) is 0 Å². The predicted octanol–water partition coefficient (Wildman–Crippen LogP) is 5.10. The van der Waals surface area contributed by atoms with E-state index in [-0.39, 0.29) is 0 Å². The molecule has 0 aromatic heterocycles. The zero-order valence-corrected chi connectivity index (χ0v) is 11.9. The van der Waals surface area contributed by atoms with Crippen LogP contribution < -0.4 is 0 Å². The lowest BCUT2D eigenvalue weighted by atomic mass is 9.95. The second kappa shape index (κ2) is 5.39. The van der Waals surface area contributed by atoms with Gasteiger partial charge < -0.3 is 0 Å². The Labute approximate surface area is 111 Å². The summed E-state index contributed by atoms with van der Waals surface area (Å²) in [5.74, 6) is 0. The van der Waals surface area contributed by atoms with Crippen LogP contribution in [0.5, 0.6) is 0 Å². The first kappa shape index (κ1) is 12.9. The van der Waals surface area contributed by atoms with E-state index in [0.29, 0.717) is 0 Å². The van der Waals surface area contributed by atoms with Gasteiger partial charge in [-0.2, -0.15) is 0 Å². The standard InChI is InChI=1S/C18H22/c1-5-15-9-10-18(12-16(15)6-2)17-8-7-13(3)14(4)11-17/h7-12H,5-6H2,1-4H3. The van der Waals surface area contributed by atoms with E-state index in [0.717, 1.165) is 12.8 Å². The quantitative estimate of drug-likeness (QED) is 0.698. The fourth-order valence-electron chi connectivity index (χ4n) is 2.40. The van der Waals surface area contributed by atoms with Crippen LogP contribution in [0.25, 0.3) is 11.1 Å². The molecule has 2 aromatic rings. The van der Waals surface area contributed by atoms with Crippen LogP contribution in [0.15, 0.2) is 36.4 Å². The first-order valence-corrected chi connectivity index (χ1v) is 6.85. The molecule has 2 aromatic carbocycles. The Balaban J connectivity index is 2.47. The largest absolute Gasteiger partial charge is 0.0613 e. The van der Waals surface area contributed by atoms with Crippen LogP contribution in [0.1, 0.15) is 36.1 Å². The van der Waals surface area contributed by atoms with Crippen molar-refractivity contribution >= 4 is 0 Å². The van der Waals surface area contributed by atoms with Crippen molar-refractivity contribution < 1.29 is 0 Å². The summed E-state index contributed by atoms with van der Waals surface area (Å²) in [6.07, 6.45) is 2.23. The molecule has 0 aliphatic carbocycles. The second-order valence-electron chi connectivity index (χ2n) is 4.99. The zero-order chi connectivity index (χ0) is 13.1. The number of hydrogen-bond acceptors (Lipinski definition) is 0. The van der Waals surface area contributed by atoms with E-state index < -0.39 is 0 Å². The normalized spacial score (nSPS) is 10.7. The molecule has 0 heterocycles. The number of rotatable bonds is 3. The third-order valence-corrected chi connectivity index (χ3v) is 3.81. The summed E-state index contributed by atoms with van der Waals surface area (Å²) in [6.45, 7) is 8.81. The molecule has 0 saturated carbocycles. The monoisotopic (exact) mass is 238 g/mol. The fourth-order valence-corrected chi connectivity index (χ4v) is 2.40. The van der Waals surface area contributed by atoms with Crippen molar-refractivity contribution in [2.24, 2.45) is 0 Å². The SMILES string of the molecule is CCc1ccc(-c2ccc(C)c(C)c2)cc1CC. The van der Waals surface area contributed by atoms with Crippen LogP contribution >= 0.6 is 0 Å². The molecule has 0 spiro atoms. The highest BCUT2D eigenvalue weighted by molar-refractivity contribution is 5.66. The lowest BCUT2D eigenvalue weighted by molar-refractivity contribution is 1.04. The van der Waals surface area contributed by atoms with Gasteiger partial charge in [-0.3, -0.25) is 0 Å². The van der Waals surface area contributed by atoms with Crippen LogP contribution in [0.2, 0.25) is 0 Å². The molecule has 0 nitrogen and oxygen atoms in total. The maximum absolute atomic E-state index is 2.35. The highest BCUT2D eigenvalue weighted by Gasteiger charge is 2.04. The Hall–Kier alpha value is -1.56. The van der Waals surface area contributed by atoms with Gasteiger partial charge in [-0.05, 0) is 60.1 Å². The van der Waals surface area contributed by atoms with Crippen LogP contribution in [-0.2, 0) is 12.8 Å². The average Bonchev–Trinajstić information content (AvgIpc) is 2.41. The van der Waals surface area contributed by atoms with Crippen molar-refractivity contribution in [3.05, 3.63) is 58.7 Å². The van der Waals surface area contributed by atoms with Gasteiger partial charge >= 0.3 is 0 Å². The maximum atomic E-state index is 2.35. The zero-order valence-electron chi connectivity index (χ0n) is 11.9. The average molecular weight is 238 g/mol. The van der Waals surface area contributed by atoms with Crippen LogP contribution in [-0.4, -0.2) is 0 Å². The molecule has 0 saturated heterocycles. The lowest BCUT2D eigenvalue weighted by Gasteiger charge is -2.10. The summed E-state index contributed by atoms with van der Waals surface area (Å²) in [7, 11) is 0. The molecule has 94 valence electrons. The van der Waals surface area contributed by atoms with E-state index in [4.69, 9.17) is 0 Å². The minimum Gasteiger partial charge on any atom is -0.0613 e. The predicted molar refractivity (Wildman–Crippen MR) is 80.1 cm³/mol. The minimum atomic E-state index is 1.11. The molecule has 0 atom stereocenters. The number of benzene rings is 2. The summed E-state index contributed by atoms with van der Waals surface area (Å²) in [5, 5.41) is 0. The molecule has 18 heavy (non-hydrogen) atoms. The van der Waals surface area contributed by atoms with Gasteiger partial charge in [-0.1, -0.05) is 50.2 Å². The van der Waals surface area contributed by atoms with E-state index in [1.807, 2.05) is 0 Å². The van der Waals surface area contributed by atoms with Gasteiger partial charge in [0.1, 0.15) is 0 Å². The highest BCUT2D eigenvalue weighted by atomic mass is 14.1. The molecule has 0 bridgehead atoms. The summed E-state index contributed by atoms with van der Waals surface area (Å²) in [4.78, 5) is 0. The lowest BCUT2D eigenvalue weighted by Crippen LogP contribution is -1.92. The van der Waals surface area contributed by atoms with Gasteiger partial charge in [0.2, 0.25) is 0 Å². The van der Waals surface area contributed by atoms with Gasteiger partial charge in [0, 0.05) is 0 Å². The Morgan fingerprint density at radius 1 is 0.667 bits per heavy atom. The summed E-state index contributed by atoms with van der Waals surface area (Å²) < 4.78 is 0. The Morgan fingerprint density at radius 3 is 1.89 bits per heavy atom.